The van der Waals surface area contributed by atoms with Crippen LogP contribution in [0.25, 0.3) is 60.9 Å². The normalized spacial score (nSPS) is 13.5. The van der Waals surface area contributed by atoms with Gasteiger partial charge in [0, 0.05) is 27.8 Å². The van der Waals surface area contributed by atoms with Crippen LogP contribution in [0.3, 0.4) is 0 Å². The SMILES string of the molecule is CC1(C)c2ccccc2-c2ccc(C(c3ccc(-c4ccccc4)cc3)c3ccc(-c4ccc5c(c4)c4ccccc4n5-c4ccccc4)cc3)cc21. The van der Waals surface area contributed by atoms with Gasteiger partial charge in [0.2, 0.25) is 0 Å². The van der Waals surface area contributed by atoms with E-state index in [1.54, 1.807) is 0 Å². The second-order valence-corrected chi connectivity index (χ2v) is 14.9. The van der Waals surface area contributed by atoms with E-state index in [1.807, 2.05) is 0 Å². The summed E-state index contributed by atoms with van der Waals surface area (Å²) < 4.78 is 2.38. The first-order valence-corrected chi connectivity index (χ1v) is 18.6. The van der Waals surface area contributed by atoms with Gasteiger partial charge in [-0.05, 0) is 91.5 Å². The molecule has 9 aromatic rings. The number of hydrogen-bond donors (Lipinski definition) is 0. The van der Waals surface area contributed by atoms with E-state index >= 15 is 0 Å². The summed E-state index contributed by atoms with van der Waals surface area (Å²) in [5.74, 6) is 0.0880. The van der Waals surface area contributed by atoms with Crippen molar-refractivity contribution in [1.29, 1.82) is 0 Å². The Bertz CT molecular complexity index is 2770. The van der Waals surface area contributed by atoms with Crippen LogP contribution >= 0.6 is 0 Å². The van der Waals surface area contributed by atoms with Gasteiger partial charge in [0.25, 0.3) is 0 Å². The van der Waals surface area contributed by atoms with Gasteiger partial charge in [-0.2, -0.15) is 0 Å². The average Bonchev–Trinajstić information content (AvgIpc) is 3.67. The minimum atomic E-state index is -0.0597. The third kappa shape index (κ3) is 5.15. The van der Waals surface area contributed by atoms with E-state index in [2.05, 4.69) is 213 Å². The highest BCUT2D eigenvalue weighted by Gasteiger charge is 2.36. The highest BCUT2D eigenvalue weighted by atomic mass is 15.0. The zero-order chi connectivity index (χ0) is 35.5. The molecule has 1 nitrogen and oxygen atoms in total. The van der Waals surface area contributed by atoms with Gasteiger partial charge in [0.05, 0.1) is 11.0 Å². The second kappa shape index (κ2) is 12.4. The molecule has 1 aliphatic rings. The van der Waals surface area contributed by atoms with Crippen LogP contribution in [-0.2, 0) is 5.41 Å². The fourth-order valence-corrected chi connectivity index (χ4v) is 8.85. The molecule has 1 aromatic heterocycles. The molecule has 0 radical (unpaired) electrons. The quantitative estimate of drug-likeness (QED) is 0.154. The maximum absolute atomic E-state index is 2.48. The fraction of sp³-hybridized carbons (Fsp3) is 0.0769. The van der Waals surface area contributed by atoms with Crippen LogP contribution in [0.15, 0.2) is 194 Å². The molecule has 252 valence electrons. The first-order valence-electron chi connectivity index (χ1n) is 18.6. The van der Waals surface area contributed by atoms with Gasteiger partial charge in [-0.3, -0.25) is 0 Å². The summed E-state index contributed by atoms with van der Waals surface area (Å²) in [7, 11) is 0. The average molecular weight is 678 g/mol. The molecular formula is C52H39N. The molecule has 0 amide bonds. The van der Waals surface area contributed by atoms with E-state index in [0.29, 0.717) is 0 Å². The zero-order valence-corrected chi connectivity index (χ0v) is 30.0. The summed E-state index contributed by atoms with van der Waals surface area (Å²) in [5.41, 5.74) is 17.9. The van der Waals surface area contributed by atoms with E-state index in [0.717, 1.165) is 0 Å². The second-order valence-electron chi connectivity index (χ2n) is 14.9. The molecule has 0 aliphatic heterocycles. The van der Waals surface area contributed by atoms with Crippen molar-refractivity contribution in [3.63, 3.8) is 0 Å². The van der Waals surface area contributed by atoms with Crippen LogP contribution in [-0.4, -0.2) is 4.57 Å². The van der Waals surface area contributed by atoms with E-state index < -0.39 is 0 Å². The van der Waals surface area contributed by atoms with Gasteiger partial charge in [0.1, 0.15) is 0 Å². The molecule has 0 bridgehead atoms. The molecule has 0 saturated heterocycles. The van der Waals surface area contributed by atoms with Crippen molar-refractivity contribution < 1.29 is 0 Å². The van der Waals surface area contributed by atoms with Crippen molar-refractivity contribution in [2.45, 2.75) is 25.2 Å². The Hall–Kier alpha value is -6.44. The Balaban J connectivity index is 1.07. The van der Waals surface area contributed by atoms with Crippen molar-refractivity contribution in [3.8, 4) is 39.1 Å². The minimum absolute atomic E-state index is 0.0597. The molecule has 1 atom stereocenters. The van der Waals surface area contributed by atoms with Crippen LogP contribution in [0, 0.1) is 0 Å². The number of fused-ring (bicyclic) bond motifs is 6. The number of para-hydroxylation sites is 2. The number of aromatic nitrogens is 1. The third-order valence-electron chi connectivity index (χ3n) is 11.6. The van der Waals surface area contributed by atoms with E-state index in [9.17, 15) is 0 Å². The molecule has 1 heteroatoms. The predicted molar refractivity (Wildman–Crippen MR) is 223 cm³/mol. The van der Waals surface area contributed by atoms with E-state index in [4.69, 9.17) is 0 Å². The molecule has 1 unspecified atom stereocenters. The van der Waals surface area contributed by atoms with Crippen LogP contribution in [0.2, 0.25) is 0 Å². The molecule has 10 rings (SSSR count). The summed E-state index contributed by atoms with van der Waals surface area (Å²) >= 11 is 0. The minimum Gasteiger partial charge on any atom is -0.309 e. The molecule has 1 heterocycles. The largest absolute Gasteiger partial charge is 0.309 e. The Morgan fingerprint density at radius 2 is 0.906 bits per heavy atom. The molecular weight excluding hydrogens is 639 g/mol. The molecule has 1 aliphatic carbocycles. The Morgan fingerprint density at radius 3 is 1.64 bits per heavy atom. The molecule has 0 saturated carbocycles. The lowest BCUT2D eigenvalue weighted by atomic mass is 9.79. The monoisotopic (exact) mass is 677 g/mol. The number of hydrogen-bond acceptors (Lipinski definition) is 0. The first-order chi connectivity index (χ1) is 26.0. The van der Waals surface area contributed by atoms with Crippen LogP contribution in [0.4, 0.5) is 0 Å². The van der Waals surface area contributed by atoms with Gasteiger partial charge >= 0.3 is 0 Å². The van der Waals surface area contributed by atoms with Gasteiger partial charge in [0.15, 0.2) is 0 Å². The molecule has 53 heavy (non-hydrogen) atoms. The summed E-state index contributed by atoms with van der Waals surface area (Å²) in [4.78, 5) is 0. The van der Waals surface area contributed by atoms with Gasteiger partial charge in [-0.25, -0.2) is 0 Å². The number of benzene rings is 8. The van der Waals surface area contributed by atoms with E-state index in [1.165, 1.54) is 88.7 Å². The maximum atomic E-state index is 2.48. The lowest BCUT2D eigenvalue weighted by Gasteiger charge is -2.25. The summed E-state index contributed by atoms with van der Waals surface area (Å²) in [6.45, 7) is 4.74. The highest BCUT2D eigenvalue weighted by molar-refractivity contribution is 6.10. The van der Waals surface area contributed by atoms with E-state index in [-0.39, 0.29) is 11.3 Å². The lowest BCUT2D eigenvalue weighted by Crippen LogP contribution is -2.15. The summed E-state index contributed by atoms with van der Waals surface area (Å²) in [6.07, 6.45) is 0. The molecule has 0 spiro atoms. The summed E-state index contributed by atoms with van der Waals surface area (Å²) in [5, 5.41) is 2.54. The zero-order valence-electron chi connectivity index (χ0n) is 30.0. The van der Waals surface area contributed by atoms with Crippen molar-refractivity contribution in [3.05, 3.63) is 222 Å². The van der Waals surface area contributed by atoms with Gasteiger partial charge < -0.3 is 4.57 Å². The van der Waals surface area contributed by atoms with Crippen molar-refractivity contribution >= 4 is 21.8 Å². The third-order valence-corrected chi connectivity index (χ3v) is 11.6. The Labute approximate surface area is 311 Å². The van der Waals surface area contributed by atoms with Crippen LogP contribution in [0.5, 0.6) is 0 Å². The fourth-order valence-electron chi connectivity index (χ4n) is 8.85. The standard InChI is InChI=1S/C52H39N/c1-52(2)47-19-11-9-17-43(47)44-31-29-41(34-48(44)52)51(38-25-21-36(22-26-38)35-13-5-3-6-14-35)39-27-23-37(24-28-39)40-30-32-50-46(33-40)45-18-10-12-20-49(45)53(50)42-15-7-4-8-16-42/h3-34,51H,1-2H3. The molecule has 0 fully saturated rings. The lowest BCUT2D eigenvalue weighted by molar-refractivity contribution is 0.659. The van der Waals surface area contributed by atoms with Crippen molar-refractivity contribution in [2.24, 2.45) is 0 Å². The Morgan fingerprint density at radius 1 is 0.377 bits per heavy atom. The maximum Gasteiger partial charge on any atom is 0.0541 e. The van der Waals surface area contributed by atoms with Crippen molar-refractivity contribution in [1.82, 2.24) is 4.57 Å². The topological polar surface area (TPSA) is 4.93 Å². The van der Waals surface area contributed by atoms with Crippen LogP contribution in [0.1, 0.15) is 47.6 Å². The first kappa shape index (κ1) is 31.3. The Kier molecular flexibility index (Phi) is 7.30. The van der Waals surface area contributed by atoms with Gasteiger partial charge in [-0.15, -0.1) is 0 Å². The smallest absolute Gasteiger partial charge is 0.0541 e. The molecule has 8 aromatic carbocycles. The predicted octanol–water partition coefficient (Wildman–Crippen LogP) is 13.6. The summed E-state index contributed by atoms with van der Waals surface area (Å²) in [6, 6.07) is 71.6. The number of nitrogens with zero attached hydrogens (tertiary/aromatic N) is 1. The van der Waals surface area contributed by atoms with Crippen LogP contribution < -0.4 is 0 Å². The number of rotatable bonds is 6. The highest BCUT2D eigenvalue weighted by Crippen LogP contribution is 2.50. The van der Waals surface area contributed by atoms with Crippen molar-refractivity contribution in [2.75, 3.05) is 0 Å². The van der Waals surface area contributed by atoms with Gasteiger partial charge in [-0.1, -0.05) is 178 Å². The molecule has 0 N–H and O–H groups in total.